The van der Waals surface area contributed by atoms with Gasteiger partial charge in [-0.15, -0.1) is 0 Å². The minimum Gasteiger partial charge on any atom is -0.444 e. The van der Waals surface area contributed by atoms with Crippen LogP contribution in [0.3, 0.4) is 0 Å². The first-order chi connectivity index (χ1) is 8.31. The van der Waals surface area contributed by atoms with E-state index in [9.17, 15) is 4.79 Å². The van der Waals surface area contributed by atoms with Crippen LogP contribution in [-0.2, 0) is 9.47 Å². The molecule has 1 heterocycles. The predicted octanol–water partition coefficient (Wildman–Crippen LogP) is 1.55. The number of rotatable bonds is 1. The molecule has 1 amide bonds. The van der Waals surface area contributed by atoms with Gasteiger partial charge in [0.05, 0.1) is 11.6 Å². The van der Waals surface area contributed by atoms with Crippen LogP contribution in [0.1, 0.15) is 46.5 Å². The van der Waals surface area contributed by atoms with Crippen LogP contribution in [0.5, 0.6) is 0 Å². The van der Waals surface area contributed by atoms with E-state index in [1.807, 2.05) is 20.8 Å². The highest BCUT2D eigenvalue weighted by molar-refractivity contribution is 5.68. The van der Waals surface area contributed by atoms with E-state index >= 15 is 0 Å². The fraction of sp³-hybridized carbons (Fsp3) is 0.923. The first-order valence-electron chi connectivity index (χ1n) is 6.70. The van der Waals surface area contributed by atoms with Gasteiger partial charge >= 0.3 is 6.09 Å². The Kier molecular flexibility index (Phi) is 3.56. The zero-order chi connectivity index (χ0) is 13.4. The van der Waals surface area contributed by atoms with Gasteiger partial charge in [0.1, 0.15) is 5.60 Å². The molecule has 2 fully saturated rings. The average molecular weight is 256 g/mol. The molecule has 1 spiro atoms. The van der Waals surface area contributed by atoms with Crippen molar-refractivity contribution in [2.75, 3.05) is 6.61 Å². The van der Waals surface area contributed by atoms with Crippen molar-refractivity contribution in [3.8, 4) is 0 Å². The lowest BCUT2D eigenvalue weighted by Crippen LogP contribution is -2.66. The van der Waals surface area contributed by atoms with Crippen LogP contribution in [0, 0.1) is 0 Å². The van der Waals surface area contributed by atoms with Crippen molar-refractivity contribution in [3.05, 3.63) is 0 Å². The number of carbonyl (C=O) groups is 1. The summed E-state index contributed by atoms with van der Waals surface area (Å²) in [5.74, 6) is 0. The summed E-state index contributed by atoms with van der Waals surface area (Å²) < 4.78 is 11.2. The maximum atomic E-state index is 11.8. The van der Waals surface area contributed by atoms with Gasteiger partial charge in [0.25, 0.3) is 0 Å². The molecule has 1 aliphatic heterocycles. The standard InChI is InChI=1S/C13H24N2O3/c1-12(2,3)18-11(16)15-10-5-4-6-17-13(10)7-9(14)8-13/h9-10H,4-8,14H2,1-3H3,(H,15,16). The minimum atomic E-state index is -0.469. The molecule has 18 heavy (non-hydrogen) atoms. The first kappa shape index (κ1) is 13.6. The van der Waals surface area contributed by atoms with Gasteiger partial charge < -0.3 is 20.5 Å². The third-order valence-electron chi connectivity index (χ3n) is 3.57. The fourth-order valence-corrected chi connectivity index (χ4v) is 2.81. The quantitative estimate of drug-likeness (QED) is 0.746. The van der Waals surface area contributed by atoms with Gasteiger partial charge in [-0.05, 0) is 46.5 Å². The molecular weight excluding hydrogens is 232 g/mol. The highest BCUT2D eigenvalue weighted by atomic mass is 16.6. The number of hydrogen-bond acceptors (Lipinski definition) is 4. The SMILES string of the molecule is CC(C)(C)OC(=O)NC1CCCOC12CC(N)C2. The van der Waals surface area contributed by atoms with Crippen LogP contribution in [0.4, 0.5) is 4.79 Å². The molecular formula is C13H24N2O3. The van der Waals surface area contributed by atoms with Crippen LogP contribution in [0.2, 0.25) is 0 Å². The largest absolute Gasteiger partial charge is 0.444 e. The zero-order valence-corrected chi connectivity index (χ0v) is 11.5. The molecule has 0 aromatic carbocycles. The summed E-state index contributed by atoms with van der Waals surface area (Å²) in [6, 6.07) is 0.229. The van der Waals surface area contributed by atoms with Crippen molar-refractivity contribution in [1.29, 1.82) is 0 Å². The van der Waals surface area contributed by atoms with Crippen molar-refractivity contribution in [2.24, 2.45) is 5.73 Å². The van der Waals surface area contributed by atoms with Crippen LogP contribution in [-0.4, -0.2) is 36.0 Å². The van der Waals surface area contributed by atoms with E-state index in [0.29, 0.717) is 0 Å². The average Bonchev–Trinajstić information content (AvgIpc) is 2.16. The zero-order valence-electron chi connectivity index (χ0n) is 11.5. The lowest BCUT2D eigenvalue weighted by Gasteiger charge is -2.52. The van der Waals surface area contributed by atoms with Gasteiger partial charge in [-0.3, -0.25) is 0 Å². The predicted molar refractivity (Wildman–Crippen MR) is 68.3 cm³/mol. The molecule has 0 bridgehead atoms. The summed E-state index contributed by atoms with van der Waals surface area (Å²) in [6.45, 7) is 6.34. The summed E-state index contributed by atoms with van der Waals surface area (Å²) >= 11 is 0. The summed E-state index contributed by atoms with van der Waals surface area (Å²) in [6.07, 6.45) is 3.20. The molecule has 2 rings (SSSR count). The van der Waals surface area contributed by atoms with Crippen LogP contribution < -0.4 is 11.1 Å². The molecule has 0 aromatic rings. The van der Waals surface area contributed by atoms with Crippen molar-refractivity contribution in [3.63, 3.8) is 0 Å². The second kappa shape index (κ2) is 4.70. The Morgan fingerprint density at radius 3 is 2.67 bits per heavy atom. The lowest BCUT2D eigenvalue weighted by atomic mass is 9.69. The van der Waals surface area contributed by atoms with E-state index in [0.717, 1.165) is 32.3 Å². The Morgan fingerprint density at radius 2 is 2.11 bits per heavy atom. The highest BCUT2D eigenvalue weighted by Gasteiger charge is 2.51. The first-order valence-corrected chi connectivity index (χ1v) is 6.70. The number of nitrogens with two attached hydrogens (primary N) is 1. The maximum Gasteiger partial charge on any atom is 0.407 e. The van der Waals surface area contributed by atoms with Crippen molar-refractivity contribution < 1.29 is 14.3 Å². The van der Waals surface area contributed by atoms with E-state index in [1.54, 1.807) is 0 Å². The molecule has 1 aliphatic carbocycles. The minimum absolute atomic E-state index is 0.0286. The number of carbonyl (C=O) groups excluding carboxylic acids is 1. The molecule has 1 atom stereocenters. The van der Waals surface area contributed by atoms with Gasteiger partial charge in [-0.2, -0.15) is 0 Å². The number of hydrogen-bond donors (Lipinski definition) is 2. The molecule has 3 N–H and O–H groups in total. The maximum absolute atomic E-state index is 11.8. The molecule has 1 saturated carbocycles. The van der Waals surface area contributed by atoms with Gasteiger partial charge in [-0.25, -0.2) is 4.79 Å². The van der Waals surface area contributed by atoms with Gasteiger partial charge in [0, 0.05) is 12.6 Å². The Labute approximate surface area is 108 Å². The number of ether oxygens (including phenoxy) is 2. The number of nitrogens with one attached hydrogen (secondary N) is 1. The fourth-order valence-electron chi connectivity index (χ4n) is 2.81. The Balaban J connectivity index is 1.92. The Hall–Kier alpha value is -0.810. The third kappa shape index (κ3) is 2.95. The number of amides is 1. The highest BCUT2D eigenvalue weighted by Crippen LogP contribution is 2.41. The van der Waals surface area contributed by atoms with Crippen molar-refractivity contribution in [2.45, 2.75) is 69.7 Å². The Morgan fingerprint density at radius 1 is 1.44 bits per heavy atom. The molecule has 104 valence electrons. The van der Waals surface area contributed by atoms with E-state index in [1.165, 1.54) is 0 Å². The number of alkyl carbamates (subject to hydrolysis) is 1. The summed E-state index contributed by atoms with van der Waals surface area (Å²) in [5, 5.41) is 2.95. The third-order valence-corrected chi connectivity index (χ3v) is 3.57. The van der Waals surface area contributed by atoms with Gasteiger partial charge in [0.2, 0.25) is 0 Å². The van der Waals surface area contributed by atoms with Crippen LogP contribution in [0.15, 0.2) is 0 Å². The van der Waals surface area contributed by atoms with Gasteiger partial charge in [0.15, 0.2) is 0 Å². The molecule has 1 unspecified atom stereocenters. The smallest absolute Gasteiger partial charge is 0.407 e. The monoisotopic (exact) mass is 256 g/mol. The van der Waals surface area contributed by atoms with E-state index < -0.39 is 5.60 Å². The van der Waals surface area contributed by atoms with E-state index in [-0.39, 0.29) is 23.8 Å². The summed E-state index contributed by atoms with van der Waals surface area (Å²) in [4.78, 5) is 11.8. The van der Waals surface area contributed by atoms with E-state index in [4.69, 9.17) is 15.2 Å². The van der Waals surface area contributed by atoms with Crippen LogP contribution in [0.25, 0.3) is 0 Å². The molecule has 5 heteroatoms. The molecule has 0 radical (unpaired) electrons. The summed E-state index contributed by atoms with van der Waals surface area (Å²) in [5.41, 5.74) is 5.14. The second-order valence-electron chi connectivity index (χ2n) is 6.42. The Bertz CT molecular complexity index is 313. The van der Waals surface area contributed by atoms with Crippen molar-refractivity contribution >= 4 is 6.09 Å². The normalized spacial score (nSPS) is 36.0. The second-order valence-corrected chi connectivity index (χ2v) is 6.42. The van der Waals surface area contributed by atoms with Crippen LogP contribution >= 0.6 is 0 Å². The molecule has 2 aliphatic rings. The van der Waals surface area contributed by atoms with E-state index in [2.05, 4.69) is 5.32 Å². The lowest BCUT2D eigenvalue weighted by molar-refractivity contribution is -0.154. The molecule has 1 saturated heterocycles. The molecule has 0 aromatic heterocycles. The van der Waals surface area contributed by atoms with Crippen molar-refractivity contribution in [1.82, 2.24) is 5.32 Å². The topological polar surface area (TPSA) is 73.6 Å². The molecule has 5 nitrogen and oxygen atoms in total. The summed E-state index contributed by atoms with van der Waals surface area (Å²) in [7, 11) is 0. The van der Waals surface area contributed by atoms with Gasteiger partial charge in [-0.1, -0.05) is 0 Å².